The van der Waals surface area contributed by atoms with Gasteiger partial charge < -0.3 is 0 Å². The summed E-state index contributed by atoms with van der Waals surface area (Å²) in [5, 5.41) is 0.505. The van der Waals surface area contributed by atoms with E-state index in [0.717, 1.165) is 43.0 Å². The fourth-order valence-corrected chi connectivity index (χ4v) is 4.27. The lowest BCUT2D eigenvalue weighted by Crippen LogP contribution is -2.29. The van der Waals surface area contributed by atoms with Gasteiger partial charge in [0.2, 0.25) is 10.0 Å². The number of rotatable bonds is 4. The molecule has 1 N–H and O–H groups in total. The van der Waals surface area contributed by atoms with E-state index in [1.165, 1.54) is 0 Å². The van der Waals surface area contributed by atoms with Gasteiger partial charge >= 0.3 is 0 Å². The average Bonchev–Trinajstić information content (AvgIpc) is 2.39. The molecule has 0 saturated heterocycles. The largest absolute Gasteiger partial charge is 0.283 e. The van der Waals surface area contributed by atoms with Gasteiger partial charge in [0.05, 0.1) is 5.25 Å². The van der Waals surface area contributed by atoms with E-state index >= 15 is 0 Å². The monoisotopic (exact) mass is 331 g/mol. The predicted octanol–water partition coefficient (Wildman–Crippen LogP) is 3.66. The van der Waals surface area contributed by atoms with Gasteiger partial charge in [0.1, 0.15) is 0 Å². The Kier molecular flexibility index (Phi) is 4.67. The summed E-state index contributed by atoms with van der Waals surface area (Å²) >= 11 is 3.37. The minimum atomic E-state index is -3.23. The van der Waals surface area contributed by atoms with Crippen LogP contribution in [0.15, 0.2) is 24.3 Å². The Labute approximate surface area is 117 Å². The molecule has 0 spiro atoms. The molecule has 1 aromatic rings. The van der Waals surface area contributed by atoms with E-state index in [1.54, 1.807) is 6.07 Å². The van der Waals surface area contributed by atoms with Crippen LogP contribution in [0.5, 0.6) is 0 Å². The zero-order valence-electron chi connectivity index (χ0n) is 10.2. The molecule has 1 saturated carbocycles. The number of hydrogen-bond donors (Lipinski definition) is 1. The number of anilines is 1. The lowest BCUT2D eigenvalue weighted by Gasteiger charge is -2.22. The van der Waals surface area contributed by atoms with Crippen LogP contribution in [-0.2, 0) is 15.4 Å². The highest BCUT2D eigenvalue weighted by Gasteiger charge is 2.27. The fraction of sp³-hybridized carbons (Fsp3) is 0.538. The molecule has 0 bridgehead atoms. The third-order valence-corrected chi connectivity index (χ3v) is 5.85. The molecule has 1 aliphatic rings. The summed E-state index contributed by atoms with van der Waals surface area (Å²) in [6.07, 6.45) is 4.77. The fourth-order valence-electron chi connectivity index (χ4n) is 2.34. The summed E-state index contributed by atoms with van der Waals surface area (Å²) in [4.78, 5) is 0. The van der Waals surface area contributed by atoms with Crippen molar-refractivity contribution in [2.45, 2.75) is 42.7 Å². The highest BCUT2D eigenvalue weighted by atomic mass is 79.9. The number of sulfonamides is 1. The van der Waals surface area contributed by atoms with Gasteiger partial charge in [-0.05, 0) is 30.5 Å². The quantitative estimate of drug-likeness (QED) is 0.856. The van der Waals surface area contributed by atoms with Gasteiger partial charge in [-0.2, -0.15) is 0 Å². The van der Waals surface area contributed by atoms with Gasteiger partial charge in [-0.1, -0.05) is 47.3 Å². The van der Waals surface area contributed by atoms with Crippen LogP contribution in [0, 0.1) is 0 Å². The van der Waals surface area contributed by atoms with E-state index in [-0.39, 0.29) is 5.25 Å². The standard InChI is InChI=1S/C13H18BrNO2S/c14-10-11-5-4-6-12(9-11)15-18(16,17)13-7-2-1-3-8-13/h4-6,9,13,15H,1-3,7-8,10H2. The highest BCUT2D eigenvalue weighted by Crippen LogP contribution is 2.25. The molecular weight excluding hydrogens is 314 g/mol. The normalized spacial score (nSPS) is 17.6. The van der Waals surface area contributed by atoms with E-state index in [1.807, 2.05) is 18.2 Å². The molecule has 1 aromatic carbocycles. The maximum atomic E-state index is 12.2. The van der Waals surface area contributed by atoms with Crippen molar-refractivity contribution in [1.82, 2.24) is 0 Å². The van der Waals surface area contributed by atoms with Crippen molar-refractivity contribution in [1.29, 1.82) is 0 Å². The van der Waals surface area contributed by atoms with Crippen molar-refractivity contribution in [2.24, 2.45) is 0 Å². The molecule has 0 amide bonds. The van der Waals surface area contributed by atoms with E-state index in [4.69, 9.17) is 0 Å². The van der Waals surface area contributed by atoms with Crippen LogP contribution in [0.1, 0.15) is 37.7 Å². The summed E-state index contributed by atoms with van der Waals surface area (Å²) in [5.74, 6) is 0. The number of halogens is 1. The van der Waals surface area contributed by atoms with Crippen molar-refractivity contribution >= 4 is 31.6 Å². The van der Waals surface area contributed by atoms with Crippen LogP contribution in [-0.4, -0.2) is 13.7 Å². The molecule has 0 atom stereocenters. The first-order valence-corrected chi connectivity index (χ1v) is 8.95. The molecule has 1 fully saturated rings. The van der Waals surface area contributed by atoms with E-state index in [2.05, 4.69) is 20.7 Å². The first-order chi connectivity index (χ1) is 8.62. The summed E-state index contributed by atoms with van der Waals surface area (Å²) in [6.45, 7) is 0. The summed E-state index contributed by atoms with van der Waals surface area (Å²) in [6, 6.07) is 7.50. The van der Waals surface area contributed by atoms with Gasteiger partial charge in [0, 0.05) is 11.0 Å². The Hall–Kier alpha value is -0.550. The summed E-state index contributed by atoms with van der Waals surface area (Å²) in [7, 11) is -3.23. The second-order valence-corrected chi connectivity index (χ2v) is 7.26. The topological polar surface area (TPSA) is 46.2 Å². The van der Waals surface area contributed by atoms with Crippen LogP contribution in [0.25, 0.3) is 0 Å². The van der Waals surface area contributed by atoms with Crippen molar-refractivity contribution in [3.63, 3.8) is 0 Å². The van der Waals surface area contributed by atoms with Gasteiger partial charge in [0.15, 0.2) is 0 Å². The second-order valence-electron chi connectivity index (χ2n) is 4.74. The lowest BCUT2D eigenvalue weighted by molar-refractivity contribution is 0.486. The minimum Gasteiger partial charge on any atom is -0.283 e. The van der Waals surface area contributed by atoms with Crippen LogP contribution < -0.4 is 4.72 Å². The summed E-state index contributed by atoms with van der Waals surface area (Å²) in [5.41, 5.74) is 1.73. The van der Waals surface area contributed by atoms with Gasteiger partial charge in [0.25, 0.3) is 0 Å². The molecule has 0 aliphatic heterocycles. The molecule has 0 radical (unpaired) electrons. The van der Waals surface area contributed by atoms with Crippen LogP contribution in [0.2, 0.25) is 0 Å². The van der Waals surface area contributed by atoms with Crippen molar-refractivity contribution < 1.29 is 8.42 Å². The molecule has 100 valence electrons. The summed E-state index contributed by atoms with van der Waals surface area (Å²) < 4.78 is 27.2. The molecule has 2 rings (SSSR count). The van der Waals surface area contributed by atoms with Gasteiger partial charge in [-0.25, -0.2) is 8.42 Å². The number of benzene rings is 1. The maximum Gasteiger partial charge on any atom is 0.235 e. The van der Waals surface area contributed by atoms with Gasteiger partial charge in [-0.15, -0.1) is 0 Å². The SMILES string of the molecule is O=S(=O)(Nc1cccc(CBr)c1)C1CCCCC1. The predicted molar refractivity (Wildman–Crippen MR) is 78.5 cm³/mol. The third kappa shape index (κ3) is 3.48. The smallest absolute Gasteiger partial charge is 0.235 e. The maximum absolute atomic E-state index is 12.2. The molecule has 5 heteroatoms. The van der Waals surface area contributed by atoms with E-state index in [0.29, 0.717) is 5.69 Å². The Balaban J connectivity index is 2.11. The average molecular weight is 332 g/mol. The molecule has 18 heavy (non-hydrogen) atoms. The third-order valence-electron chi connectivity index (χ3n) is 3.33. The Morgan fingerprint density at radius 2 is 1.94 bits per heavy atom. The zero-order valence-corrected chi connectivity index (χ0v) is 12.6. The lowest BCUT2D eigenvalue weighted by atomic mass is 10.0. The second kappa shape index (κ2) is 6.06. The first kappa shape index (κ1) is 13.9. The molecule has 0 heterocycles. The molecule has 0 aromatic heterocycles. The highest BCUT2D eigenvalue weighted by molar-refractivity contribution is 9.08. The number of hydrogen-bond acceptors (Lipinski definition) is 2. The van der Waals surface area contributed by atoms with E-state index < -0.39 is 10.0 Å². The minimum absolute atomic E-state index is 0.223. The van der Waals surface area contributed by atoms with Crippen molar-refractivity contribution in [2.75, 3.05) is 4.72 Å². The van der Waals surface area contributed by atoms with Crippen LogP contribution >= 0.6 is 15.9 Å². The van der Waals surface area contributed by atoms with Crippen molar-refractivity contribution in [3.05, 3.63) is 29.8 Å². The molecule has 0 unspecified atom stereocenters. The number of nitrogens with one attached hydrogen (secondary N) is 1. The molecule has 3 nitrogen and oxygen atoms in total. The van der Waals surface area contributed by atoms with E-state index in [9.17, 15) is 8.42 Å². The van der Waals surface area contributed by atoms with Crippen LogP contribution in [0.4, 0.5) is 5.69 Å². The Morgan fingerprint density at radius 3 is 2.61 bits per heavy atom. The van der Waals surface area contributed by atoms with Crippen LogP contribution in [0.3, 0.4) is 0 Å². The zero-order chi connectivity index (χ0) is 13.0. The van der Waals surface area contributed by atoms with Gasteiger partial charge in [-0.3, -0.25) is 4.72 Å². The number of alkyl halides is 1. The molecule has 1 aliphatic carbocycles. The first-order valence-electron chi connectivity index (χ1n) is 6.28. The Bertz CT molecular complexity index is 495. The molecular formula is C13H18BrNO2S. The Morgan fingerprint density at radius 1 is 1.22 bits per heavy atom. The van der Waals surface area contributed by atoms with Crippen molar-refractivity contribution in [3.8, 4) is 0 Å².